The lowest BCUT2D eigenvalue weighted by Gasteiger charge is -2.24. The van der Waals surface area contributed by atoms with E-state index in [-0.39, 0.29) is 58.2 Å². The number of nitrogens with zero attached hydrogens (tertiary/aromatic N) is 3. The number of nitrogens with one attached hydrogen (secondary N) is 6. The van der Waals surface area contributed by atoms with Crippen molar-refractivity contribution >= 4 is 64.8 Å². The number of carbonyl (C=O) groups is 10. The van der Waals surface area contributed by atoms with Crippen molar-refractivity contribution < 1.29 is 73.7 Å². The van der Waals surface area contributed by atoms with E-state index in [0.29, 0.717) is 10.1 Å². The molecule has 0 spiro atoms. The molecule has 0 unspecified atom stereocenters. The first-order chi connectivity index (χ1) is 26.7. The van der Waals surface area contributed by atoms with Crippen molar-refractivity contribution in [2.24, 2.45) is 10.7 Å². The van der Waals surface area contributed by atoms with Gasteiger partial charge in [0.25, 0.3) is 11.8 Å². The molecule has 320 valence electrons. The van der Waals surface area contributed by atoms with E-state index in [4.69, 9.17) is 10.8 Å². The van der Waals surface area contributed by atoms with Gasteiger partial charge in [0.1, 0.15) is 42.0 Å². The maximum Gasteiger partial charge on any atom is 0.309 e. The lowest BCUT2D eigenvalue weighted by molar-refractivity contribution is -0.163. The van der Waals surface area contributed by atoms with Gasteiger partial charge in [-0.05, 0) is 45.4 Å². The molecule has 25 heteroatoms. The van der Waals surface area contributed by atoms with Crippen molar-refractivity contribution in [1.82, 2.24) is 42.0 Å². The zero-order chi connectivity index (χ0) is 43.4. The number of hydrogen-bond acceptors (Lipinski definition) is 15. The van der Waals surface area contributed by atoms with E-state index in [1.807, 2.05) is 0 Å². The smallest absolute Gasteiger partial charge is 0.309 e. The van der Waals surface area contributed by atoms with E-state index in [9.17, 15) is 68.6 Å². The van der Waals surface area contributed by atoms with Crippen LogP contribution in [-0.2, 0) is 47.9 Å². The Balaban J connectivity index is 3.55. The van der Waals surface area contributed by atoms with Crippen LogP contribution in [0.25, 0.3) is 0 Å². The van der Waals surface area contributed by atoms with Crippen LogP contribution in [0.1, 0.15) is 65.7 Å². The van der Waals surface area contributed by atoms with Gasteiger partial charge in [-0.1, -0.05) is 0 Å². The average molecular weight is 817 g/mol. The Bertz CT molecular complexity index is 1530. The van der Waals surface area contributed by atoms with E-state index in [0.717, 1.165) is 13.8 Å². The number of amides is 9. The Morgan fingerprint density at radius 2 is 1.49 bits per heavy atom. The Hall–Kier alpha value is -5.63. The van der Waals surface area contributed by atoms with Gasteiger partial charge in [-0.15, -0.1) is 0 Å². The van der Waals surface area contributed by atoms with Gasteiger partial charge in [0, 0.05) is 33.5 Å². The number of aliphatic imine (C=N–C) groups is 1. The molecule has 9 amide bonds. The van der Waals surface area contributed by atoms with Gasteiger partial charge in [-0.3, -0.25) is 58.4 Å². The van der Waals surface area contributed by atoms with Crippen molar-refractivity contribution in [3.63, 3.8) is 0 Å². The first-order valence-electron chi connectivity index (χ1n) is 17.8. The predicted octanol–water partition coefficient (Wildman–Crippen LogP) is -5.87. The maximum absolute atomic E-state index is 13.7. The van der Waals surface area contributed by atoms with Crippen LogP contribution < -0.4 is 37.6 Å². The van der Waals surface area contributed by atoms with Crippen LogP contribution in [0.2, 0.25) is 0 Å². The van der Waals surface area contributed by atoms with Crippen LogP contribution in [0.15, 0.2) is 4.99 Å². The highest BCUT2D eigenvalue weighted by molar-refractivity contribution is 6.43. The molecule has 1 aliphatic rings. The highest BCUT2D eigenvalue weighted by Gasteiger charge is 2.32. The second-order valence-electron chi connectivity index (χ2n) is 12.9. The van der Waals surface area contributed by atoms with Crippen LogP contribution in [0.4, 0.5) is 0 Å². The molecule has 13 N–H and O–H groups in total. The summed E-state index contributed by atoms with van der Waals surface area (Å²) in [5.41, 5.74) is 4.55. The van der Waals surface area contributed by atoms with Crippen LogP contribution >= 0.6 is 0 Å². The summed E-state index contributed by atoms with van der Waals surface area (Å²) in [6.07, 6.45) is -2.35. The number of carboxylic acids is 1. The number of carboxylic acid groups (broad SMARTS) is 1. The van der Waals surface area contributed by atoms with Crippen LogP contribution in [-0.4, -0.2) is 170 Å². The van der Waals surface area contributed by atoms with Crippen molar-refractivity contribution in [2.45, 2.75) is 102 Å². The van der Waals surface area contributed by atoms with Gasteiger partial charge in [0.05, 0.1) is 19.6 Å². The molecule has 6 atom stereocenters. The van der Waals surface area contributed by atoms with Gasteiger partial charge in [0.15, 0.2) is 0 Å². The molecule has 0 bridgehead atoms. The number of nitrogens with two attached hydrogens (primary N) is 1. The van der Waals surface area contributed by atoms with Gasteiger partial charge in [0.2, 0.25) is 41.4 Å². The molecule has 1 aliphatic heterocycles. The van der Waals surface area contributed by atoms with Crippen molar-refractivity contribution in [2.75, 3.05) is 32.8 Å². The molecule has 57 heavy (non-hydrogen) atoms. The third kappa shape index (κ3) is 17.8. The van der Waals surface area contributed by atoms with Crippen LogP contribution in [0, 0.1) is 0 Å². The minimum atomic E-state index is -1.65. The monoisotopic (exact) mass is 816 g/mol. The molecule has 0 aromatic rings. The van der Waals surface area contributed by atoms with E-state index in [2.05, 4.69) is 36.9 Å². The summed E-state index contributed by atoms with van der Waals surface area (Å²) >= 11 is 0. The number of rotatable bonds is 18. The summed E-state index contributed by atoms with van der Waals surface area (Å²) in [4.78, 5) is 130. The molecule has 0 saturated carbocycles. The van der Waals surface area contributed by atoms with Crippen LogP contribution in [0.3, 0.4) is 0 Å². The van der Waals surface area contributed by atoms with E-state index < -0.39 is 121 Å². The summed E-state index contributed by atoms with van der Waals surface area (Å²) in [6.45, 7) is 0.905. The fourth-order valence-corrected chi connectivity index (χ4v) is 4.91. The topological polar surface area (TPSA) is 389 Å². The summed E-state index contributed by atoms with van der Waals surface area (Å²) in [7, 11) is 0. The third-order valence-corrected chi connectivity index (χ3v) is 8.22. The van der Waals surface area contributed by atoms with Crippen molar-refractivity contribution in [3.05, 3.63) is 0 Å². The number of carbonyl (C=O) groups excluding carboxylic acids is 9. The highest BCUT2D eigenvalue weighted by Crippen LogP contribution is 2.08. The number of aliphatic hydroxyl groups excluding tert-OH is 2. The fourth-order valence-electron chi connectivity index (χ4n) is 4.91. The Labute approximate surface area is 326 Å². The second kappa shape index (κ2) is 24.8. The predicted molar refractivity (Wildman–Crippen MR) is 191 cm³/mol. The zero-order valence-corrected chi connectivity index (χ0v) is 31.7. The number of hydrogen-bond donors (Lipinski definition) is 12. The maximum atomic E-state index is 13.7. The largest absolute Gasteiger partial charge is 0.481 e. The molecule has 0 aliphatic carbocycles. The van der Waals surface area contributed by atoms with Gasteiger partial charge >= 0.3 is 5.97 Å². The molecule has 1 rings (SSSR count). The molecule has 0 aromatic heterocycles. The molecule has 0 fully saturated rings. The van der Waals surface area contributed by atoms with E-state index in [1.54, 1.807) is 0 Å². The second-order valence-corrected chi connectivity index (χ2v) is 12.9. The number of hydroxylamine groups is 4. The van der Waals surface area contributed by atoms with E-state index in [1.165, 1.54) is 6.92 Å². The molecular weight excluding hydrogens is 764 g/mol. The lowest BCUT2D eigenvalue weighted by atomic mass is 10.1. The quantitative estimate of drug-likeness (QED) is 0.0453. The van der Waals surface area contributed by atoms with Gasteiger partial charge in [-0.25, -0.2) is 15.1 Å². The molecule has 25 nitrogen and oxygen atoms in total. The Morgan fingerprint density at radius 1 is 0.877 bits per heavy atom. The fraction of sp³-hybridized carbons (Fsp3) is 0.656. The zero-order valence-electron chi connectivity index (χ0n) is 31.7. The van der Waals surface area contributed by atoms with Crippen LogP contribution in [0.5, 0.6) is 0 Å². The van der Waals surface area contributed by atoms with Crippen molar-refractivity contribution in [3.8, 4) is 0 Å². The first-order valence-corrected chi connectivity index (χ1v) is 17.8. The van der Waals surface area contributed by atoms with E-state index >= 15 is 0 Å². The normalized spacial score (nSPS) is 19.7. The summed E-state index contributed by atoms with van der Waals surface area (Å²) in [5.74, 6) is -10.5. The summed E-state index contributed by atoms with van der Waals surface area (Å²) < 4.78 is 0. The first kappa shape index (κ1) is 49.4. The van der Waals surface area contributed by atoms with Gasteiger partial charge < -0.3 is 53.0 Å². The minimum Gasteiger partial charge on any atom is -0.481 e. The molecular formula is C32H52N10O15. The molecule has 0 aromatic carbocycles. The van der Waals surface area contributed by atoms with Crippen molar-refractivity contribution in [1.29, 1.82) is 0 Å². The highest BCUT2D eigenvalue weighted by atomic mass is 16.5. The number of aliphatic hydroxyl groups is 2. The molecule has 1 heterocycles. The SMILES string of the molecule is CC(=O)N(O)CCC[C@@H]1NC(=O)C(CC(=O)O)=NC(=O)[C@@H](NC(=O)[C@H](CCCN(O)C(C)=O)NC(=O)[C@H](C)NC(=O)[C@H](N)CO)CCCNC(=O)[C@H](CO)NC1=O. The standard InChI is InChI=1S/C32H52N10O15/c1-16(35-27(50)19(33)14-43)26(49)36-21(8-5-11-41(56)17(2)45)29(52)37-20-7-4-10-34-28(51)24(15-44)40-31(54)22(9-6-12-42(57)18(3)46)38-32(55)23(13-25(47)48)39-30(20)53/h16,19-22,24,43-44,56-57H,4-15,33H2,1-3H3,(H,34,51)(H,35,50)(H,36,49)(H,37,52)(H,38,55)(H,40,54)(H,47,48)/t16-,19+,20-,21-,22-,24-/m0/s1. The lowest BCUT2D eigenvalue weighted by Crippen LogP contribution is -2.56. The minimum absolute atomic E-state index is 0.0930. The molecule has 0 saturated heterocycles. The summed E-state index contributed by atoms with van der Waals surface area (Å²) in [5, 5.41) is 62.6. The molecule has 0 radical (unpaired) electrons. The summed E-state index contributed by atoms with van der Waals surface area (Å²) in [6, 6.07) is -8.97. The average Bonchev–Trinajstić information content (AvgIpc) is 3.15. The van der Waals surface area contributed by atoms with Gasteiger partial charge in [-0.2, -0.15) is 0 Å². The Kier molecular flexibility index (Phi) is 21.5. The third-order valence-electron chi connectivity index (χ3n) is 8.22. The number of aliphatic carboxylic acids is 1. The Morgan fingerprint density at radius 3 is 2.05 bits per heavy atom.